The lowest BCUT2D eigenvalue weighted by atomic mass is 9.98. The second kappa shape index (κ2) is 8.56. The van der Waals surface area contributed by atoms with E-state index in [1.807, 2.05) is 77.5 Å². The van der Waals surface area contributed by atoms with Crippen LogP contribution in [0.25, 0.3) is 5.69 Å². The number of nitriles is 1. The number of fused-ring (bicyclic) bond motifs is 1. The van der Waals surface area contributed by atoms with Crippen LogP contribution in [0.2, 0.25) is 0 Å². The van der Waals surface area contributed by atoms with E-state index in [1.54, 1.807) is 6.07 Å². The molecule has 4 aromatic rings. The molecule has 0 radical (unpaired) electrons. The highest BCUT2D eigenvalue weighted by atomic mass is 16.2. The van der Waals surface area contributed by atoms with Crippen molar-refractivity contribution in [3.8, 4) is 11.8 Å². The number of amides is 1. The molecule has 0 unspecified atom stereocenters. The summed E-state index contributed by atoms with van der Waals surface area (Å²) in [7, 11) is 0. The second-order valence-corrected chi connectivity index (χ2v) is 8.09. The molecule has 0 saturated carbocycles. The lowest BCUT2D eigenvalue weighted by Crippen LogP contribution is -2.31. The van der Waals surface area contributed by atoms with Crippen LogP contribution in [0.15, 0.2) is 91.1 Å². The molecule has 4 nitrogen and oxygen atoms in total. The van der Waals surface area contributed by atoms with E-state index in [-0.39, 0.29) is 11.9 Å². The van der Waals surface area contributed by atoms with Crippen molar-refractivity contribution < 1.29 is 4.79 Å². The Bertz CT molecular complexity index is 1260. The van der Waals surface area contributed by atoms with Crippen LogP contribution in [0.3, 0.4) is 0 Å². The van der Waals surface area contributed by atoms with E-state index >= 15 is 0 Å². The summed E-state index contributed by atoms with van der Waals surface area (Å²) in [6.07, 6.45) is 5.14. The summed E-state index contributed by atoms with van der Waals surface area (Å²) in [4.78, 5) is 13.6. The van der Waals surface area contributed by atoms with Crippen LogP contribution in [0.5, 0.6) is 0 Å². The molecule has 156 valence electrons. The Hall–Kier alpha value is -4.10. The number of aryl methyl sites for hydroxylation is 2. The number of nitrogens with one attached hydrogen (secondary N) is 1. The minimum Gasteiger partial charge on any atom is -0.340 e. The van der Waals surface area contributed by atoms with Crippen LogP contribution >= 0.6 is 0 Å². The third-order valence-electron chi connectivity index (χ3n) is 6.12. The topological polar surface area (TPSA) is 57.8 Å². The van der Waals surface area contributed by atoms with Crippen molar-refractivity contribution in [3.05, 3.63) is 125 Å². The van der Waals surface area contributed by atoms with E-state index in [1.165, 1.54) is 11.1 Å². The monoisotopic (exact) mass is 417 g/mol. The van der Waals surface area contributed by atoms with Gasteiger partial charge in [-0.05, 0) is 59.7 Å². The number of hydrogen-bond donors (Lipinski definition) is 1. The Morgan fingerprint density at radius 3 is 2.19 bits per heavy atom. The fraction of sp³-hybridized carbons (Fsp3) is 0.143. The minimum absolute atomic E-state index is 0.273. The molecule has 0 atom stereocenters. The number of carbonyl (C=O) groups excluding carboxylic acids is 1. The minimum atomic E-state index is -0.320. The van der Waals surface area contributed by atoms with Crippen LogP contribution in [-0.4, -0.2) is 10.5 Å². The van der Waals surface area contributed by atoms with Crippen molar-refractivity contribution in [2.45, 2.75) is 25.3 Å². The molecule has 1 heterocycles. The molecule has 5 rings (SSSR count). The largest absolute Gasteiger partial charge is 0.340 e. The van der Waals surface area contributed by atoms with Gasteiger partial charge >= 0.3 is 0 Å². The second-order valence-electron chi connectivity index (χ2n) is 8.09. The van der Waals surface area contributed by atoms with Gasteiger partial charge in [0.15, 0.2) is 0 Å². The van der Waals surface area contributed by atoms with Gasteiger partial charge in [-0.15, -0.1) is 0 Å². The molecule has 1 amide bonds. The fourth-order valence-corrected chi connectivity index (χ4v) is 4.53. The summed E-state index contributed by atoms with van der Waals surface area (Å²) in [5, 5.41) is 12.9. The Morgan fingerprint density at radius 1 is 0.875 bits per heavy atom. The van der Waals surface area contributed by atoms with Crippen LogP contribution < -0.4 is 5.32 Å². The van der Waals surface area contributed by atoms with Gasteiger partial charge in [-0.3, -0.25) is 4.79 Å². The number of aromatic nitrogens is 1. The van der Waals surface area contributed by atoms with E-state index < -0.39 is 0 Å². The molecule has 0 saturated heterocycles. The average Bonchev–Trinajstić information content (AvgIpc) is 3.50. The third kappa shape index (κ3) is 3.70. The van der Waals surface area contributed by atoms with E-state index in [0.717, 1.165) is 36.1 Å². The summed E-state index contributed by atoms with van der Waals surface area (Å²) in [6, 6.07) is 29.7. The zero-order chi connectivity index (χ0) is 21.9. The molecule has 32 heavy (non-hydrogen) atoms. The normalized spacial score (nSPS) is 12.4. The lowest BCUT2D eigenvalue weighted by molar-refractivity contribution is 0.0936. The molecule has 0 spiro atoms. The Labute approximate surface area is 187 Å². The number of nitrogens with zero attached hydrogens (tertiary/aromatic N) is 2. The molecule has 0 fully saturated rings. The predicted molar refractivity (Wildman–Crippen MR) is 125 cm³/mol. The SMILES string of the molecule is N#Cc1ccn(-c2ccc3c(c2)CCC3)c1C(=O)NC(c1ccccc1)c1ccccc1. The van der Waals surface area contributed by atoms with Gasteiger partial charge in [0.05, 0.1) is 11.6 Å². The maximum absolute atomic E-state index is 13.6. The molecule has 1 aliphatic rings. The van der Waals surface area contributed by atoms with Crippen molar-refractivity contribution in [2.24, 2.45) is 0 Å². The highest BCUT2D eigenvalue weighted by molar-refractivity contribution is 5.96. The van der Waals surface area contributed by atoms with Crippen LogP contribution in [-0.2, 0) is 12.8 Å². The smallest absolute Gasteiger partial charge is 0.270 e. The summed E-state index contributed by atoms with van der Waals surface area (Å²) in [5.41, 5.74) is 6.31. The van der Waals surface area contributed by atoms with Crippen LogP contribution in [0.1, 0.15) is 50.8 Å². The van der Waals surface area contributed by atoms with Gasteiger partial charge in [0, 0.05) is 11.9 Å². The van der Waals surface area contributed by atoms with Gasteiger partial charge in [0.2, 0.25) is 0 Å². The molecule has 3 aromatic carbocycles. The Morgan fingerprint density at radius 2 is 1.53 bits per heavy atom. The summed E-state index contributed by atoms with van der Waals surface area (Å²) in [5.74, 6) is -0.273. The van der Waals surface area contributed by atoms with Gasteiger partial charge in [-0.1, -0.05) is 66.7 Å². The molecular formula is C28H23N3O. The number of rotatable bonds is 5. The molecule has 4 heteroatoms. The van der Waals surface area contributed by atoms with Crippen molar-refractivity contribution in [3.63, 3.8) is 0 Å². The van der Waals surface area contributed by atoms with Crippen molar-refractivity contribution >= 4 is 5.91 Å². The van der Waals surface area contributed by atoms with Crippen molar-refractivity contribution in [1.29, 1.82) is 5.26 Å². The summed E-state index contributed by atoms with van der Waals surface area (Å²) >= 11 is 0. The molecule has 1 aromatic heterocycles. The quantitative estimate of drug-likeness (QED) is 0.475. The Kier molecular flexibility index (Phi) is 5.31. The molecule has 0 aliphatic heterocycles. The zero-order valence-corrected chi connectivity index (χ0v) is 17.7. The van der Waals surface area contributed by atoms with E-state index in [9.17, 15) is 10.1 Å². The number of benzene rings is 3. The first-order chi connectivity index (χ1) is 15.7. The lowest BCUT2D eigenvalue weighted by Gasteiger charge is -2.21. The first kappa shape index (κ1) is 19.8. The van der Waals surface area contributed by atoms with Gasteiger partial charge in [0.1, 0.15) is 11.8 Å². The predicted octanol–water partition coefficient (Wildman–Crippen LogP) is 5.36. The van der Waals surface area contributed by atoms with Crippen LogP contribution in [0.4, 0.5) is 0 Å². The van der Waals surface area contributed by atoms with E-state index in [2.05, 4.69) is 23.5 Å². The summed E-state index contributed by atoms with van der Waals surface area (Å²) < 4.78 is 1.83. The van der Waals surface area contributed by atoms with Gasteiger partial charge in [-0.2, -0.15) is 5.26 Å². The van der Waals surface area contributed by atoms with Gasteiger partial charge in [-0.25, -0.2) is 0 Å². The molecule has 0 bridgehead atoms. The Balaban J connectivity index is 1.54. The number of carbonyl (C=O) groups is 1. The van der Waals surface area contributed by atoms with Crippen LogP contribution in [0, 0.1) is 11.3 Å². The number of hydrogen-bond acceptors (Lipinski definition) is 2. The van der Waals surface area contributed by atoms with E-state index in [0.29, 0.717) is 11.3 Å². The molecular weight excluding hydrogens is 394 g/mol. The van der Waals surface area contributed by atoms with E-state index in [4.69, 9.17) is 0 Å². The molecule has 1 aliphatic carbocycles. The first-order valence-corrected chi connectivity index (χ1v) is 10.9. The molecule has 1 N–H and O–H groups in total. The third-order valence-corrected chi connectivity index (χ3v) is 6.12. The summed E-state index contributed by atoms with van der Waals surface area (Å²) in [6.45, 7) is 0. The highest BCUT2D eigenvalue weighted by Crippen LogP contribution is 2.27. The zero-order valence-electron chi connectivity index (χ0n) is 17.7. The highest BCUT2D eigenvalue weighted by Gasteiger charge is 2.24. The average molecular weight is 418 g/mol. The maximum Gasteiger partial charge on any atom is 0.270 e. The van der Waals surface area contributed by atoms with Gasteiger partial charge < -0.3 is 9.88 Å². The maximum atomic E-state index is 13.6. The fourth-order valence-electron chi connectivity index (χ4n) is 4.53. The first-order valence-electron chi connectivity index (χ1n) is 10.9. The van der Waals surface area contributed by atoms with Crippen molar-refractivity contribution in [1.82, 2.24) is 9.88 Å². The standard InChI is InChI=1S/C28H23N3O/c29-19-24-16-17-31(25-15-14-20-12-7-13-23(20)18-25)27(24)28(32)30-26(21-8-3-1-4-9-21)22-10-5-2-6-11-22/h1-6,8-11,14-18,26H,7,12-13H2,(H,30,32). The van der Waals surface area contributed by atoms with Gasteiger partial charge in [0.25, 0.3) is 5.91 Å². The van der Waals surface area contributed by atoms with Crippen molar-refractivity contribution in [2.75, 3.05) is 0 Å².